The van der Waals surface area contributed by atoms with E-state index in [-0.39, 0.29) is 0 Å². The Bertz CT molecular complexity index is 623. The van der Waals surface area contributed by atoms with Crippen LogP contribution in [0.5, 0.6) is 0 Å². The molecule has 0 bridgehead atoms. The number of guanidine groups is 1. The van der Waals surface area contributed by atoms with Gasteiger partial charge < -0.3 is 24.4 Å². The Balaban J connectivity index is 1.45. The first-order valence-electron chi connectivity index (χ1n) is 11.6. The highest BCUT2D eigenvalue weighted by Crippen LogP contribution is 2.18. The number of hydrogen-bond donors (Lipinski definition) is 1. The van der Waals surface area contributed by atoms with Gasteiger partial charge in [-0.15, -0.1) is 0 Å². The Hall–Kier alpha value is -1.63. The number of rotatable bonds is 9. The van der Waals surface area contributed by atoms with Gasteiger partial charge in [-0.1, -0.05) is 24.3 Å². The van der Waals surface area contributed by atoms with Crippen LogP contribution < -0.4 is 5.32 Å². The van der Waals surface area contributed by atoms with Crippen LogP contribution >= 0.6 is 0 Å². The zero-order valence-corrected chi connectivity index (χ0v) is 18.8. The summed E-state index contributed by atoms with van der Waals surface area (Å²) in [6, 6.07) is 8.65. The molecule has 0 aliphatic carbocycles. The number of hydrogen-bond acceptors (Lipinski definition) is 4. The molecule has 2 saturated heterocycles. The molecule has 2 heterocycles. The first kappa shape index (κ1) is 23.0. The van der Waals surface area contributed by atoms with Crippen molar-refractivity contribution in [2.24, 2.45) is 10.9 Å². The van der Waals surface area contributed by atoms with Crippen molar-refractivity contribution in [3.05, 3.63) is 35.4 Å². The van der Waals surface area contributed by atoms with Crippen LogP contribution in [0.1, 0.15) is 50.2 Å². The van der Waals surface area contributed by atoms with Gasteiger partial charge in [-0.05, 0) is 56.1 Å². The summed E-state index contributed by atoms with van der Waals surface area (Å²) in [4.78, 5) is 7.12. The minimum Gasteiger partial charge on any atom is -0.381 e. The summed E-state index contributed by atoms with van der Waals surface area (Å²) >= 11 is 0. The van der Waals surface area contributed by atoms with Crippen molar-refractivity contribution in [1.29, 1.82) is 0 Å². The molecule has 168 valence electrons. The maximum atomic E-state index is 6.02. The zero-order valence-electron chi connectivity index (χ0n) is 18.8. The van der Waals surface area contributed by atoms with Gasteiger partial charge in [0.15, 0.2) is 5.96 Å². The average Bonchev–Trinajstić information content (AvgIpc) is 2.81. The molecular formula is C24H39N3O3. The zero-order chi connectivity index (χ0) is 21.0. The van der Waals surface area contributed by atoms with Crippen LogP contribution in [-0.2, 0) is 27.4 Å². The highest BCUT2D eigenvalue weighted by atomic mass is 16.5. The van der Waals surface area contributed by atoms with Crippen LogP contribution in [0.25, 0.3) is 0 Å². The van der Waals surface area contributed by atoms with Crippen LogP contribution in [0.2, 0.25) is 0 Å². The number of aliphatic imine (C=N–C) groups is 1. The van der Waals surface area contributed by atoms with Crippen molar-refractivity contribution in [3.8, 4) is 0 Å². The monoisotopic (exact) mass is 417 g/mol. The molecule has 0 spiro atoms. The first-order chi connectivity index (χ1) is 14.7. The molecular weight excluding hydrogens is 378 g/mol. The van der Waals surface area contributed by atoms with Gasteiger partial charge in [0.25, 0.3) is 0 Å². The van der Waals surface area contributed by atoms with Crippen LogP contribution in [0.3, 0.4) is 0 Å². The summed E-state index contributed by atoms with van der Waals surface area (Å²) in [5, 5.41) is 3.43. The summed E-state index contributed by atoms with van der Waals surface area (Å²) in [5.74, 6) is 1.76. The lowest BCUT2D eigenvalue weighted by Crippen LogP contribution is -2.40. The fourth-order valence-electron chi connectivity index (χ4n) is 3.95. The van der Waals surface area contributed by atoms with Crippen molar-refractivity contribution in [2.45, 2.75) is 58.3 Å². The second-order valence-electron chi connectivity index (χ2n) is 8.38. The Morgan fingerprint density at radius 1 is 1.03 bits per heavy atom. The van der Waals surface area contributed by atoms with Gasteiger partial charge in [0.2, 0.25) is 0 Å². The maximum absolute atomic E-state index is 6.02. The predicted octanol–water partition coefficient (Wildman–Crippen LogP) is 3.60. The molecule has 30 heavy (non-hydrogen) atoms. The van der Waals surface area contributed by atoms with Crippen molar-refractivity contribution in [3.63, 3.8) is 0 Å². The van der Waals surface area contributed by atoms with Gasteiger partial charge >= 0.3 is 0 Å². The van der Waals surface area contributed by atoms with E-state index >= 15 is 0 Å². The SMILES string of the molecule is CCNC(=NCc1ccc(COC2CCOCC2)cc1)N(C)CCC1CCOCC1. The summed E-state index contributed by atoms with van der Waals surface area (Å²) < 4.78 is 16.9. The molecule has 1 aromatic rings. The molecule has 0 saturated carbocycles. The topological polar surface area (TPSA) is 55.3 Å². The number of nitrogens with zero attached hydrogens (tertiary/aromatic N) is 2. The van der Waals surface area contributed by atoms with E-state index in [1.54, 1.807) is 0 Å². The standard InChI is InChI=1S/C24H39N3O3/c1-3-25-24(27(2)13-8-20-9-14-28-15-10-20)26-18-21-4-6-22(7-5-21)19-30-23-11-16-29-17-12-23/h4-7,20,23H,3,8-19H2,1-2H3,(H,25,26). The van der Waals surface area contributed by atoms with Crippen molar-refractivity contribution in [2.75, 3.05) is 46.6 Å². The summed E-state index contributed by atoms with van der Waals surface area (Å²) in [6.45, 7) is 8.85. The van der Waals surface area contributed by atoms with Crippen LogP contribution in [0, 0.1) is 5.92 Å². The van der Waals surface area contributed by atoms with E-state index < -0.39 is 0 Å². The Morgan fingerprint density at radius 2 is 1.67 bits per heavy atom. The third kappa shape index (κ3) is 7.89. The van der Waals surface area contributed by atoms with Crippen LogP contribution in [0.4, 0.5) is 0 Å². The fraction of sp³-hybridized carbons (Fsp3) is 0.708. The summed E-state index contributed by atoms with van der Waals surface area (Å²) in [6.07, 6.45) is 5.91. The van der Waals surface area contributed by atoms with Crippen LogP contribution in [-0.4, -0.2) is 63.5 Å². The van der Waals surface area contributed by atoms with Gasteiger partial charge in [0.1, 0.15) is 0 Å². The molecule has 6 nitrogen and oxygen atoms in total. The molecule has 2 aliphatic rings. The molecule has 0 radical (unpaired) electrons. The Morgan fingerprint density at radius 3 is 2.33 bits per heavy atom. The quantitative estimate of drug-likeness (QED) is 0.491. The van der Waals surface area contributed by atoms with Crippen molar-refractivity contribution >= 4 is 5.96 Å². The highest BCUT2D eigenvalue weighted by molar-refractivity contribution is 5.79. The van der Waals surface area contributed by atoms with E-state index in [2.05, 4.69) is 48.5 Å². The Labute approximate surface area is 182 Å². The Kier molecular flexibility index (Phi) is 9.93. The van der Waals surface area contributed by atoms with Crippen molar-refractivity contribution in [1.82, 2.24) is 10.2 Å². The normalized spacial score (nSPS) is 19.1. The van der Waals surface area contributed by atoms with Gasteiger partial charge in [-0.3, -0.25) is 0 Å². The van der Waals surface area contributed by atoms with E-state index in [0.717, 1.165) is 64.2 Å². The summed E-state index contributed by atoms with van der Waals surface area (Å²) in [5.41, 5.74) is 2.44. The molecule has 2 aliphatic heterocycles. The van der Waals surface area contributed by atoms with E-state index in [1.807, 2.05) is 0 Å². The molecule has 3 rings (SSSR count). The van der Waals surface area contributed by atoms with Gasteiger partial charge in [-0.25, -0.2) is 4.99 Å². The molecule has 0 aromatic heterocycles. The molecule has 0 atom stereocenters. The van der Waals surface area contributed by atoms with Gasteiger partial charge in [0, 0.05) is 46.6 Å². The number of nitrogens with one attached hydrogen (secondary N) is 1. The van der Waals surface area contributed by atoms with E-state index in [9.17, 15) is 0 Å². The first-order valence-corrected chi connectivity index (χ1v) is 11.6. The lowest BCUT2D eigenvalue weighted by atomic mass is 9.96. The van der Waals surface area contributed by atoms with E-state index in [4.69, 9.17) is 19.2 Å². The molecule has 0 unspecified atom stereocenters. The molecule has 0 amide bonds. The maximum Gasteiger partial charge on any atom is 0.193 e. The predicted molar refractivity (Wildman–Crippen MR) is 121 cm³/mol. The fourth-order valence-corrected chi connectivity index (χ4v) is 3.95. The number of ether oxygens (including phenoxy) is 3. The minimum absolute atomic E-state index is 0.336. The van der Waals surface area contributed by atoms with E-state index in [1.165, 1.54) is 30.4 Å². The van der Waals surface area contributed by atoms with Crippen LogP contribution in [0.15, 0.2) is 29.3 Å². The highest BCUT2D eigenvalue weighted by Gasteiger charge is 2.16. The minimum atomic E-state index is 0.336. The molecule has 1 N–H and O–H groups in total. The second kappa shape index (κ2) is 12.9. The lowest BCUT2D eigenvalue weighted by molar-refractivity contribution is -0.0390. The average molecular weight is 418 g/mol. The smallest absolute Gasteiger partial charge is 0.193 e. The molecule has 6 heteroatoms. The molecule has 1 aromatic carbocycles. The molecule has 2 fully saturated rings. The van der Waals surface area contributed by atoms with Gasteiger partial charge in [-0.2, -0.15) is 0 Å². The largest absolute Gasteiger partial charge is 0.381 e. The second-order valence-corrected chi connectivity index (χ2v) is 8.38. The van der Waals surface area contributed by atoms with Crippen molar-refractivity contribution < 1.29 is 14.2 Å². The third-order valence-electron chi connectivity index (χ3n) is 6.00. The van der Waals surface area contributed by atoms with Gasteiger partial charge in [0.05, 0.1) is 19.3 Å². The van der Waals surface area contributed by atoms with E-state index in [0.29, 0.717) is 19.3 Å². The summed E-state index contributed by atoms with van der Waals surface area (Å²) in [7, 11) is 2.14. The number of benzene rings is 1. The lowest BCUT2D eigenvalue weighted by Gasteiger charge is -2.26. The third-order valence-corrected chi connectivity index (χ3v) is 6.00.